The van der Waals surface area contributed by atoms with E-state index in [1.807, 2.05) is 44.2 Å². The third kappa shape index (κ3) is 14.5. The average molecular weight is 712 g/mol. The molecule has 2 aliphatic rings. The largest absolute Gasteiger partial charge is 0.460 e. The monoisotopic (exact) mass is 711 g/mol. The summed E-state index contributed by atoms with van der Waals surface area (Å²) in [7, 11) is 0. The summed E-state index contributed by atoms with van der Waals surface area (Å²) in [4.78, 5) is 79.7. The second-order valence-electron chi connectivity index (χ2n) is 14.6. The van der Waals surface area contributed by atoms with Gasteiger partial charge in [-0.3, -0.25) is 24.0 Å². The number of rotatable bonds is 16. The lowest BCUT2D eigenvalue weighted by Crippen LogP contribution is -2.60. The van der Waals surface area contributed by atoms with Crippen molar-refractivity contribution in [1.82, 2.24) is 26.2 Å². The number of amides is 5. The normalized spacial score (nSPS) is 18.6. The van der Waals surface area contributed by atoms with Crippen LogP contribution in [0, 0.1) is 17.3 Å². The maximum Gasteiger partial charge on any atom is 0.325 e. The first-order valence-electron chi connectivity index (χ1n) is 18.5. The zero-order valence-electron chi connectivity index (χ0n) is 31.6. The van der Waals surface area contributed by atoms with Gasteiger partial charge in [-0.2, -0.15) is 0 Å². The van der Waals surface area contributed by atoms with Gasteiger partial charge in [-0.15, -0.1) is 6.58 Å². The molecular weight excluding hydrogens is 650 g/mol. The van der Waals surface area contributed by atoms with E-state index >= 15 is 0 Å². The summed E-state index contributed by atoms with van der Waals surface area (Å²) in [5.41, 5.74) is 0.0433. The number of carbonyl (C=O) groups excluding carboxylic acids is 6. The van der Waals surface area contributed by atoms with Crippen LogP contribution >= 0.6 is 0 Å². The number of Topliss-reactive ketones (excluding diaryl/α,β-unsaturated/α-hetero) is 1. The summed E-state index contributed by atoms with van der Waals surface area (Å²) in [6.07, 6.45) is 11.0. The van der Waals surface area contributed by atoms with Crippen molar-refractivity contribution in [3.05, 3.63) is 48.6 Å². The summed E-state index contributed by atoms with van der Waals surface area (Å²) >= 11 is 0. The number of carbonyl (C=O) groups is 6. The first-order chi connectivity index (χ1) is 24.2. The van der Waals surface area contributed by atoms with Crippen LogP contribution in [0.3, 0.4) is 0 Å². The van der Waals surface area contributed by atoms with Crippen molar-refractivity contribution < 1.29 is 33.5 Å². The molecule has 2 fully saturated rings. The van der Waals surface area contributed by atoms with E-state index < -0.39 is 65.6 Å². The maximum atomic E-state index is 14.1. The van der Waals surface area contributed by atoms with Crippen molar-refractivity contribution in [3.63, 3.8) is 0 Å². The molecule has 4 N–H and O–H groups in total. The Morgan fingerprint density at radius 3 is 2.14 bits per heavy atom. The number of ether oxygens (including phenoxy) is 1. The number of nitrogens with zero attached hydrogens (tertiary/aromatic N) is 1. The Bertz CT molecular complexity index is 1300. The minimum absolute atomic E-state index is 0.00902. The predicted molar refractivity (Wildman–Crippen MR) is 197 cm³/mol. The van der Waals surface area contributed by atoms with Crippen LogP contribution in [0.4, 0.5) is 4.79 Å². The average Bonchev–Trinajstić information content (AvgIpc) is 3.85. The van der Waals surface area contributed by atoms with Crippen LogP contribution in [0.25, 0.3) is 0 Å². The van der Waals surface area contributed by atoms with E-state index in [0.717, 1.165) is 12.0 Å². The minimum atomic E-state index is -1.05. The molecule has 1 aromatic carbocycles. The van der Waals surface area contributed by atoms with Gasteiger partial charge in [0, 0.05) is 13.1 Å². The van der Waals surface area contributed by atoms with Gasteiger partial charge in [0.15, 0.2) is 0 Å². The highest BCUT2D eigenvalue weighted by Gasteiger charge is 2.46. The zero-order valence-corrected chi connectivity index (χ0v) is 31.6. The third-order valence-corrected chi connectivity index (χ3v) is 9.48. The number of nitrogens with one attached hydrogen (secondary N) is 4. The van der Waals surface area contributed by atoms with Crippen molar-refractivity contribution in [1.29, 1.82) is 0 Å². The van der Waals surface area contributed by atoms with E-state index in [1.165, 1.54) is 43.1 Å². The van der Waals surface area contributed by atoms with Crippen LogP contribution in [0.15, 0.2) is 43.0 Å². The maximum absolute atomic E-state index is 14.1. The first kappa shape index (κ1) is 42.9. The molecule has 3 rings (SSSR count). The van der Waals surface area contributed by atoms with Gasteiger partial charge in [0.2, 0.25) is 17.6 Å². The van der Waals surface area contributed by atoms with E-state index in [1.54, 1.807) is 20.8 Å². The molecule has 1 heterocycles. The molecule has 1 aliphatic heterocycles. The highest BCUT2D eigenvalue weighted by atomic mass is 16.5. The number of ketones is 1. The number of urea groups is 1. The van der Waals surface area contributed by atoms with Crippen molar-refractivity contribution in [3.8, 4) is 0 Å². The van der Waals surface area contributed by atoms with Gasteiger partial charge in [-0.25, -0.2) is 4.79 Å². The van der Waals surface area contributed by atoms with Gasteiger partial charge in [0.05, 0.1) is 6.04 Å². The fraction of sp³-hybridized carbons (Fsp3) is 0.641. The number of esters is 1. The minimum Gasteiger partial charge on any atom is -0.460 e. The molecule has 0 bridgehead atoms. The number of hydrogen-bond acceptors (Lipinski definition) is 7. The molecule has 5 amide bonds. The topological polar surface area (TPSA) is 163 Å². The second kappa shape index (κ2) is 21.9. The van der Waals surface area contributed by atoms with Crippen LogP contribution < -0.4 is 21.3 Å². The van der Waals surface area contributed by atoms with Crippen molar-refractivity contribution >= 4 is 35.5 Å². The molecule has 51 heavy (non-hydrogen) atoms. The van der Waals surface area contributed by atoms with Gasteiger partial charge < -0.3 is 30.9 Å². The first-order valence-corrected chi connectivity index (χ1v) is 18.5. The Kier molecular flexibility index (Phi) is 18.4. The van der Waals surface area contributed by atoms with E-state index in [0.29, 0.717) is 19.4 Å². The summed E-state index contributed by atoms with van der Waals surface area (Å²) in [6, 6.07) is 5.39. The SMILES string of the molecule is C1CCCC1.C=CCNC(=O)C(=O)C(CCC)NC(=O)C1C[C@@H](C(C)CC)CN1C(=O)C(NC(=O)NCC(=O)OCc1ccccc1)C(C)(C)C. The molecule has 1 saturated carbocycles. The Morgan fingerprint density at radius 1 is 0.961 bits per heavy atom. The molecule has 5 atom stereocenters. The van der Waals surface area contributed by atoms with Crippen molar-refractivity contribution in [2.45, 2.75) is 124 Å². The zero-order chi connectivity index (χ0) is 38.0. The standard InChI is InChI=1S/C34H51N5O7.C5H10/c1-8-14-25(28(41)31(43)35-17-9-2)37-30(42)26-18-24(22(4)10-3)20-39(26)32(44)29(34(5,6)7)38-33(45)36-19-27(40)46-21-23-15-12-11-13-16-23;1-2-4-5-3-1/h9,11-13,15-16,22,24-26,29H,2,8,10,14,17-21H2,1,3-7H3,(H,35,43)(H,37,42)(H2,36,38,45);1-5H2/t22?,24-,25?,26?,29?;/m1./s1. The van der Waals surface area contributed by atoms with Crippen LogP contribution in [-0.4, -0.2) is 78.2 Å². The molecule has 12 nitrogen and oxygen atoms in total. The lowest BCUT2D eigenvalue weighted by atomic mass is 9.85. The summed E-state index contributed by atoms with van der Waals surface area (Å²) in [6.45, 7) is 14.9. The molecule has 1 saturated heterocycles. The van der Waals surface area contributed by atoms with E-state index in [4.69, 9.17) is 4.74 Å². The van der Waals surface area contributed by atoms with Crippen LogP contribution in [0.1, 0.15) is 105 Å². The Hall–Kier alpha value is -4.22. The van der Waals surface area contributed by atoms with E-state index in [-0.39, 0.29) is 31.4 Å². The molecule has 4 unspecified atom stereocenters. The quantitative estimate of drug-likeness (QED) is 0.109. The molecule has 1 aliphatic carbocycles. The highest BCUT2D eigenvalue weighted by molar-refractivity contribution is 6.38. The lowest BCUT2D eigenvalue weighted by molar-refractivity contribution is -0.144. The van der Waals surface area contributed by atoms with Crippen LogP contribution in [0.5, 0.6) is 0 Å². The molecule has 284 valence electrons. The summed E-state index contributed by atoms with van der Waals surface area (Å²) < 4.78 is 5.21. The van der Waals surface area contributed by atoms with Crippen molar-refractivity contribution in [2.75, 3.05) is 19.6 Å². The van der Waals surface area contributed by atoms with E-state index in [2.05, 4.69) is 34.8 Å². The molecule has 0 radical (unpaired) electrons. The molecular formula is C39H61N5O7. The van der Waals surface area contributed by atoms with Crippen LogP contribution in [0.2, 0.25) is 0 Å². The molecule has 0 spiro atoms. The fourth-order valence-corrected chi connectivity index (χ4v) is 6.16. The van der Waals surface area contributed by atoms with Gasteiger partial charge in [0.25, 0.3) is 5.91 Å². The van der Waals surface area contributed by atoms with Gasteiger partial charge in [-0.05, 0) is 35.7 Å². The number of likely N-dealkylation sites (tertiary alicyclic amines) is 1. The Labute approximate surface area is 304 Å². The lowest BCUT2D eigenvalue weighted by Gasteiger charge is -2.35. The Morgan fingerprint density at radius 2 is 1.59 bits per heavy atom. The van der Waals surface area contributed by atoms with Gasteiger partial charge in [-0.1, -0.05) is 123 Å². The van der Waals surface area contributed by atoms with Gasteiger partial charge in [0.1, 0.15) is 25.2 Å². The Balaban J connectivity index is 0.00000165. The molecule has 1 aromatic rings. The molecule has 0 aromatic heterocycles. The van der Waals surface area contributed by atoms with Gasteiger partial charge >= 0.3 is 12.0 Å². The smallest absolute Gasteiger partial charge is 0.325 e. The number of hydrogen-bond donors (Lipinski definition) is 4. The third-order valence-electron chi connectivity index (χ3n) is 9.48. The fourth-order valence-electron chi connectivity index (χ4n) is 6.16. The second-order valence-corrected chi connectivity index (χ2v) is 14.6. The van der Waals surface area contributed by atoms with Crippen molar-refractivity contribution in [2.24, 2.45) is 17.3 Å². The summed E-state index contributed by atoms with van der Waals surface area (Å²) in [5.74, 6) is -2.99. The van der Waals surface area contributed by atoms with E-state index in [9.17, 15) is 28.8 Å². The predicted octanol–water partition coefficient (Wildman–Crippen LogP) is 4.81. The number of benzene rings is 1. The molecule has 12 heteroatoms. The van der Waals surface area contributed by atoms with Crippen LogP contribution in [-0.2, 0) is 35.3 Å². The highest BCUT2D eigenvalue weighted by Crippen LogP contribution is 2.33. The summed E-state index contributed by atoms with van der Waals surface area (Å²) in [5, 5.41) is 10.3.